The van der Waals surface area contributed by atoms with Crippen LogP contribution in [0.25, 0.3) is 10.9 Å². The summed E-state index contributed by atoms with van der Waals surface area (Å²) in [5.74, 6) is -2.27. The Balaban J connectivity index is 1.41. The molecule has 6 rings (SSSR count). The van der Waals surface area contributed by atoms with Crippen molar-refractivity contribution < 1.29 is 23.9 Å². The quantitative estimate of drug-likeness (QED) is 0.628. The van der Waals surface area contributed by atoms with Crippen molar-refractivity contribution in [3.8, 4) is 0 Å². The number of hydrogen-bond acceptors (Lipinski definition) is 6. The molecule has 192 valence electrons. The molecule has 9 heteroatoms. The number of amides is 4. The van der Waals surface area contributed by atoms with Crippen LogP contribution in [-0.2, 0) is 25.5 Å². The Morgan fingerprint density at radius 2 is 1.92 bits per heavy atom. The number of nitrogens with zero attached hydrogens (tertiary/aromatic N) is 3. The molecule has 2 aromatic rings. The van der Waals surface area contributed by atoms with E-state index in [1.54, 1.807) is 13.8 Å². The fourth-order valence-corrected chi connectivity index (χ4v) is 7.06. The highest BCUT2D eigenvalue weighted by Gasteiger charge is 2.68. The zero-order valence-electron chi connectivity index (χ0n) is 21.2. The number of hydrogen-bond donors (Lipinski definition) is 1. The molecule has 1 aromatic carbocycles. The average molecular weight is 503 g/mol. The maximum Gasteiger partial charge on any atom is 0.424 e. The van der Waals surface area contributed by atoms with Crippen LogP contribution in [0.15, 0.2) is 46.6 Å². The standard InChI is InChI=1S/C28H30N4O5/c1-4-16-18-10-11-19-21(25(35)31(5-2)23(19)33)22(18)28(3)26(37-27(36)32(28)24(16)34)29-13-12-15-14-30-20-9-7-6-8-17(15)20/h6-9,14,19,21-22,30H,4-5,10-13H2,1-3H3/t19-,21-,22+,28+/m1/s1. The van der Waals surface area contributed by atoms with Gasteiger partial charge >= 0.3 is 6.09 Å². The van der Waals surface area contributed by atoms with E-state index in [9.17, 15) is 19.2 Å². The minimum atomic E-state index is -1.26. The number of carbonyl (C=O) groups is 4. The summed E-state index contributed by atoms with van der Waals surface area (Å²) in [5.41, 5.74) is 2.29. The maximum atomic E-state index is 13.6. The van der Waals surface area contributed by atoms with Gasteiger partial charge in [0.1, 0.15) is 5.54 Å². The van der Waals surface area contributed by atoms with Gasteiger partial charge in [0.25, 0.3) is 5.91 Å². The molecule has 4 heterocycles. The molecule has 4 amide bonds. The van der Waals surface area contributed by atoms with Gasteiger partial charge in [-0.2, -0.15) is 0 Å². The molecule has 1 aliphatic carbocycles. The van der Waals surface area contributed by atoms with Crippen molar-refractivity contribution >= 4 is 40.6 Å². The largest absolute Gasteiger partial charge is 0.424 e. The topological polar surface area (TPSA) is 112 Å². The van der Waals surface area contributed by atoms with E-state index in [1.165, 1.54) is 4.90 Å². The number of cyclic esters (lactones) is 1. The molecule has 2 saturated heterocycles. The average Bonchev–Trinajstić information content (AvgIpc) is 3.50. The minimum Gasteiger partial charge on any atom is -0.393 e. The zero-order chi connectivity index (χ0) is 26.1. The third-order valence-corrected chi connectivity index (χ3v) is 8.73. The van der Waals surface area contributed by atoms with Crippen molar-refractivity contribution in [2.75, 3.05) is 13.1 Å². The first-order valence-electron chi connectivity index (χ1n) is 13.1. The Bertz CT molecular complexity index is 1420. The summed E-state index contributed by atoms with van der Waals surface area (Å²) >= 11 is 0. The molecule has 0 unspecified atom stereocenters. The van der Waals surface area contributed by atoms with Gasteiger partial charge in [-0.25, -0.2) is 9.69 Å². The van der Waals surface area contributed by atoms with E-state index in [4.69, 9.17) is 9.73 Å². The summed E-state index contributed by atoms with van der Waals surface area (Å²) in [6.07, 6.45) is 3.29. The van der Waals surface area contributed by atoms with E-state index >= 15 is 0 Å². The number of aromatic amines is 1. The first kappa shape index (κ1) is 23.6. The third kappa shape index (κ3) is 3.12. The predicted octanol–water partition coefficient (Wildman–Crippen LogP) is 3.60. The number of imide groups is 2. The smallest absolute Gasteiger partial charge is 0.393 e. The molecule has 0 spiro atoms. The summed E-state index contributed by atoms with van der Waals surface area (Å²) in [6, 6.07) is 8.00. The molecule has 0 bridgehead atoms. The van der Waals surface area contributed by atoms with Crippen molar-refractivity contribution in [2.24, 2.45) is 22.7 Å². The van der Waals surface area contributed by atoms with Crippen LogP contribution in [0.2, 0.25) is 0 Å². The molecule has 4 aliphatic rings. The molecule has 3 fully saturated rings. The number of aliphatic imine (C=N–C) groups is 1. The molecule has 9 nitrogen and oxygen atoms in total. The summed E-state index contributed by atoms with van der Waals surface area (Å²) in [4.78, 5) is 63.8. The lowest BCUT2D eigenvalue weighted by molar-refractivity contribution is -0.141. The highest BCUT2D eigenvalue weighted by atomic mass is 16.6. The number of carbonyl (C=O) groups excluding carboxylic acids is 4. The van der Waals surface area contributed by atoms with Crippen molar-refractivity contribution in [3.05, 3.63) is 47.2 Å². The summed E-state index contributed by atoms with van der Waals surface area (Å²) < 4.78 is 5.67. The lowest BCUT2D eigenvalue weighted by Crippen LogP contribution is -2.63. The predicted molar refractivity (Wildman–Crippen MR) is 135 cm³/mol. The monoisotopic (exact) mass is 502 g/mol. The van der Waals surface area contributed by atoms with Gasteiger partial charge in [-0.3, -0.25) is 24.3 Å². The second-order valence-electron chi connectivity index (χ2n) is 10.4. The number of rotatable bonds is 5. The molecule has 37 heavy (non-hydrogen) atoms. The van der Waals surface area contributed by atoms with Crippen molar-refractivity contribution in [1.82, 2.24) is 14.8 Å². The van der Waals surface area contributed by atoms with E-state index in [1.807, 2.05) is 37.4 Å². The van der Waals surface area contributed by atoms with Gasteiger partial charge in [0.15, 0.2) is 0 Å². The number of H-pyrrole nitrogens is 1. The SMILES string of the molecule is CCC1=C2CC[C@H]3C(=O)N(CC)C(=O)[C@H]3[C@H]2[C@@]2(C)C(=NCCc3c[nH]c4ccccc34)OC(=O)N2C1=O. The Kier molecular flexibility index (Phi) is 5.36. The molecule has 1 aromatic heterocycles. The first-order valence-corrected chi connectivity index (χ1v) is 13.1. The molecule has 0 radical (unpaired) electrons. The number of aromatic nitrogens is 1. The van der Waals surface area contributed by atoms with E-state index in [-0.39, 0.29) is 23.6 Å². The van der Waals surface area contributed by atoms with Crippen LogP contribution in [0.3, 0.4) is 0 Å². The lowest BCUT2D eigenvalue weighted by atomic mass is 9.59. The van der Waals surface area contributed by atoms with Gasteiger partial charge in [-0.05, 0) is 51.2 Å². The van der Waals surface area contributed by atoms with Crippen LogP contribution in [0, 0.1) is 17.8 Å². The van der Waals surface area contributed by atoms with Gasteiger partial charge in [0, 0.05) is 41.7 Å². The number of ether oxygens (including phenoxy) is 1. The van der Waals surface area contributed by atoms with E-state index < -0.39 is 29.4 Å². The Morgan fingerprint density at radius 3 is 2.68 bits per heavy atom. The van der Waals surface area contributed by atoms with Crippen molar-refractivity contribution in [3.63, 3.8) is 0 Å². The highest BCUT2D eigenvalue weighted by molar-refractivity contribution is 6.17. The Labute approximate surface area is 214 Å². The molecular weight excluding hydrogens is 472 g/mol. The van der Waals surface area contributed by atoms with Crippen molar-refractivity contribution in [1.29, 1.82) is 0 Å². The third-order valence-electron chi connectivity index (χ3n) is 8.73. The molecular formula is C28H30N4O5. The highest BCUT2D eigenvalue weighted by Crippen LogP contribution is 2.55. The fraction of sp³-hybridized carbons (Fsp3) is 0.464. The number of nitrogens with one attached hydrogen (secondary N) is 1. The molecule has 3 aliphatic heterocycles. The van der Waals surface area contributed by atoms with Gasteiger partial charge in [0.05, 0.1) is 11.8 Å². The van der Waals surface area contributed by atoms with E-state index in [2.05, 4.69) is 4.98 Å². The zero-order valence-corrected chi connectivity index (χ0v) is 21.2. The van der Waals surface area contributed by atoms with Crippen LogP contribution < -0.4 is 0 Å². The second-order valence-corrected chi connectivity index (χ2v) is 10.4. The van der Waals surface area contributed by atoms with Crippen LogP contribution in [0.1, 0.15) is 45.6 Å². The normalized spacial score (nSPS) is 30.4. The first-order chi connectivity index (χ1) is 17.8. The number of likely N-dealkylation sites (tertiary alicyclic amines) is 1. The van der Waals surface area contributed by atoms with E-state index in [0.29, 0.717) is 44.3 Å². The van der Waals surface area contributed by atoms with E-state index in [0.717, 1.165) is 26.9 Å². The number of benzene rings is 1. The van der Waals surface area contributed by atoms with Gasteiger partial charge < -0.3 is 9.72 Å². The van der Waals surface area contributed by atoms with Crippen molar-refractivity contribution in [2.45, 2.75) is 52.0 Å². The summed E-state index contributed by atoms with van der Waals surface area (Å²) in [5, 5.41) is 1.11. The lowest BCUT2D eigenvalue weighted by Gasteiger charge is -2.48. The Hall–Kier alpha value is -3.75. The fourth-order valence-electron chi connectivity index (χ4n) is 7.06. The van der Waals surface area contributed by atoms with Crippen LogP contribution in [-0.4, -0.2) is 63.1 Å². The number of para-hydroxylation sites is 1. The minimum absolute atomic E-state index is 0.152. The molecule has 1 N–H and O–H groups in total. The van der Waals surface area contributed by atoms with Crippen LogP contribution in [0.4, 0.5) is 4.79 Å². The Morgan fingerprint density at radius 1 is 1.14 bits per heavy atom. The van der Waals surface area contributed by atoms with Gasteiger partial charge in [-0.15, -0.1) is 0 Å². The van der Waals surface area contributed by atoms with Gasteiger partial charge in [0.2, 0.25) is 17.7 Å². The van der Waals surface area contributed by atoms with Crippen LogP contribution >= 0.6 is 0 Å². The maximum absolute atomic E-state index is 13.6. The summed E-state index contributed by atoms with van der Waals surface area (Å²) in [7, 11) is 0. The van der Waals surface area contributed by atoms with Gasteiger partial charge in [-0.1, -0.05) is 30.7 Å². The number of fused-ring (bicyclic) bond motifs is 6. The molecule has 4 atom stereocenters. The second kappa shape index (κ2) is 8.39. The summed E-state index contributed by atoms with van der Waals surface area (Å²) in [6.45, 7) is 6.09. The molecule has 1 saturated carbocycles. The van der Waals surface area contributed by atoms with Crippen LogP contribution in [0.5, 0.6) is 0 Å².